The lowest BCUT2D eigenvalue weighted by Crippen LogP contribution is -2.07. The van der Waals surface area contributed by atoms with Crippen LogP contribution in [0.4, 0.5) is 4.39 Å². The molecule has 6 heteroatoms. The summed E-state index contributed by atoms with van der Waals surface area (Å²) in [7, 11) is 0. The quantitative estimate of drug-likeness (QED) is 0.900. The van der Waals surface area contributed by atoms with Gasteiger partial charge in [0.15, 0.2) is 0 Å². The smallest absolute Gasteiger partial charge is 0.145 e. The molecule has 2 aromatic rings. The topological polar surface area (TPSA) is 74.2 Å². The molecule has 0 radical (unpaired) electrons. The summed E-state index contributed by atoms with van der Waals surface area (Å²) in [4.78, 5) is 0. The third-order valence-electron chi connectivity index (χ3n) is 2.58. The zero-order valence-corrected chi connectivity index (χ0v) is 10.2. The number of nitrogens with zero attached hydrogens (tertiary/aromatic N) is 2. The first-order chi connectivity index (χ1) is 8.58. The third kappa shape index (κ3) is 2.65. The van der Waals surface area contributed by atoms with Crippen molar-refractivity contribution in [1.29, 1.82) is 0 Å². The van der Waals surface area contributed by atoms with Gasteiger partial charge in [0.25, 0.3) is 0 Å². The van der Waals surface area contributed by atoms with Crippen LogP contribution < -0.4 is 10.5 Å². The maximum Gasteiger partial charge on any atom is 0.145 e. The highest BCUT2D eigenvalue weighted by molar-refractivity contribution is 5.30. The molecular weight excluding hydrogens is 237 g/mol. The fourth-order valence-corrected chi connectivity index (χ4v) is 1.50. The third-order valence-corrected chi connectivity index (χ3v) is 2.58. The molecule has 18 heavy (non-hydrogen) atoms. The number of halogens is 1. The first kappa shape index (κ1) is 12.5. The Balaban J connectivity index is 2.07. The van der Waals surface area contributed by atoms with Crippen molar-refractivity contribution in [3.63, 3.8) is 0 Å². The number of ether oxygens (including phenoxy) is 1. The summed E-state index contributed by atoms with van der Waals surface area (Å²) in [5.41, 5.74) is 7.33. The molecule has 1 aromatic carbocycles. The molecule has 0 spiro atoms. The molecule has 0 fully saturated rings. The van der Waals surface area contributed by atoms with Crippen molar-refractivity contribution >= 4 is 0 Å². The van der Waals surface area contributed by atoms with E-state index in [0.717, 1.165) is 0 Å². The molecule has 1 atom stereocenters. The highest BCUT2D eigenvalue weighted by atomic mass is 19.1. The van der Waals surface area contributed by atoms with Gasteiger partial charge in [0.1, 0.15) is 29.6 Å². The van der Waals surface area contributed by atoms with E-state index < -0.39 is 0 Å². The standard InChI is InChI=1S/C12H14FN3O2/c1-7(14)10-4-3-9(5-11(10)13)17-6-12-8(2)15-18-16-12/h3-5,7H,6,14H2,1-2H3/t7-/m1/s1. The largest absolute Gasteiger partial charge is 0.487 e. The van der Waals surface area contributed by atoms with Crippen molar-refractivity contribution in [2.45, 2.75) is 26.5 Å². The lowest BCUT2D eigenvalue weighted by molar-refractivity contribution is 0.269. The molecule has 1 aromatic heterocycles. The average molecular weight is 251 g/mol. The van der Waals surface area contributed by atoms with Crippen LogP contribution in [0.15, 0.2) is 22.8 Å². The predicted molar refractivity (Wildman–Crippen MR) is 62.4 cm³/mol. The fourth-order valence-electron chi connectivity index (χ4n) is 1.50. The van der Waals surface area contributed by atoms with Crippen LogP contribution in [0.5, 0.6) is 5.75 Å². The SMILES string of the molecule is Cc1nonc1COc1ccc([C@@H](C)N)c(F)c1. The van der Waals surface area contributed by atoms with Gasteiger partial charge in [0, 0.05) is 17.7 Å². The molecule has 0 unspecified atom stereocenters. The number of rotatable bonds is 4. The van der Waals surface area contributed by atoms with Gasteiger partial charge in [-0.05, 0) is 19.9 Å². The van der Waals surface area contributed by atoms with Crippen molar-refractivity contribution in [2.75, 3.05) is 0 Å². The van der Waals surface area contributed by atoms with E-state index in [1.54, 1.807) is 26.0 Å². The Bertz CT molecular complexity index is 540. The molecule has 2 N–H and O–H groups in total. The predicted octanol–water partition coefficient (Wildman–Crippen LogP) is 2.12. The lowest BCUT2D eigenvalue weighted by Gasteiger charge is -2.09. The van der Waals surface area contributed by atoms with E-state index in [0.29, 0.717) is 22.7 Å². The molecule has 0 aliphatic carbocycles. The minimum atomic E-state index is -0.377. The summed E-state index contributed by atoms with van der Waals surface area (Å²) in [6.45, 7) is 3.67. The zero-order chi connectivity index (χ0) is 13.1. The van der Waals surface area contributed by atoms with E-state index in [-0.39, 0.29) is 18.5 Å². The van der Waals surface area contributed by atoms with Gasteiger partial charge in [-0.1, -0.05) is 16.4 Å². The fraction of sp³-hybridized carbons (Fsp3) is 0.333. The van der Waals surface area contributed by atoms with Crippen molar-refractivity contribution in [3.8, 4) is 5.75 Å². The summed E-state index contributed by atoms with van der Waals surface area (Å²) >= 11 is 0. The maximum absolute atomic E-state index is 13.6. The normalized spacial score (nSPS) is 12.4. The van der Waals surface area contributed by atoms with Crippen LogP contribution in [0.1, 0.15) is 29.9 Å². The van der Waals surface area contributed by atoms with Crippen molar-refractivity contribution in [2.24, 2.45) is 5.73 Å². The average Bonchev–Trinajstić information content (AvgIpc) is 2.72. The van der Waals surface area contributed by atoms with Gasteiger partial charge in [-0.3, -0.25) is 0 Å². The number of aromatic nitrogens is 2. The molecule has 5 nitrogen and oxygen atoms in total. The van der Waals surface area contributed by atoms with Gasteiger partial charge in [0.2, 0.25) is 0 Å². The minimum Gasteiger partial charge on any atom is -0.487 e. The summed E-state index contributed by atoms with van der Waals surface area (Å²) in [5.74, 6) is 0.0387. The highest BCUT2D eigenvalue weighted by Gasteiger charge is 2.10. The van der Waals surface area contributed by atoms with Crippen LogP contribution in [0.2, 0.25) is 0 Å². The molecule has 0 saturated heterocycles. The Labute approximate surface area is 104 Å². The zero-order valence-electron chi connectivity index (χ0n) is 10.2. The second-order valence-corrected chi connectivity index (χ2v) is 4.06. The van der Waals surface area contributed by atoms with Crippen LogP contribution in [0.25, 0.3) is 0 Å². The molecule has 0 bridgehead atoms. The van der Waals surface area contributed by atoms with Crippen molar-refractivity contribution in [3.05, 3.63) is 41.0 Å². The molecule has 0 saturated carbocycles. The van der Waals surface area contributed by atoms with E-state index in [4.69, 9.17) is 10.5 Å². The number of hydrogen-bond acceptors (Lipinski definition) is 5. The molecular formula is C12H14FN3O2. The van der Waals surface area contributed by atoms with Crippen LogP contribution >= 0.6 is 0 Å². The summed E-state index contributed by atoms with van der Waals surface area (Å²) in [6, 6.07) is 4.25. The van der Waals surface area contributed by atoms with E-state index >= 15 is 0 Å². The molecule has 2 rings (SSSR count). The van der Waals surface area contributed by atoms with Crippen molar-refractivity contribution in [1.82, 2.24) is 10.3 Å². The van der Waals surface area contributed by atoms with Gasteiger partial charge in [0.05, 0.1) is 0 Å². The Morgan fingerprint density at radius 2 is 2.22 bits per heavy atom. The van der Waals surface area contributed by atoms with Gasteiger partial charge in [-0.15, -0.1) is 0 Å². The number of nitrogens with two attached hydrogens (primary N) is 1. The van der Waals surface area contributed by atoms with Gasteiger partial charge in [-0.2, -0.15) is 0 Å². The number of benzene rings is 1. The second-order valence-electron chi connectivity index (χ2n) is 4.06. The van der Waals surface area contributed by atoms with Crippen LogP contribution in [0.3, 0.4) is 0 Å². The highest BCUT2D eigenvalue weighted by Crippen LogP contribution is 2.21. The van der Waals surface area contributed by atoms with Crippen LogP contribution in [-0.2, 0) is 6.61 Å². The number of aryl methyl sites for hydroxylation is 1. The molecule has 96 valence electrons. The second kappa shape index (κ2) is 5.14. The molecule has 1 heterocycles. The summed E-state index contributed by atoms with van der Waals surface area (Å²) in [6.07, 6.45) is 0. The van der Waals surface area contributed by atoms with Crippen molar-refractivity contribution < 1.29 is 13.8 Å². The molecule has 0 aliphatic heterocycles. The van der Waals surface area contributed by atoms with E-state index in [1.807, 2.05) is 0 Å². The van der Waals surface area contributed by atoms with Crippen LogP contribution in [-0.4, -0.2) is 10.3 Å². The Morgan fingerprint density at radius 1 is 1.44 bits per heavy atom. The Morgan fingerprint density at radius 3 is 2.78 bits per heavy atom. The number of hydrogen-bond donors (Lipinski definition) is 1. The minimum absolute atomic E-state index is 0.187. The maximum atomic E-state index is 13.6. The van der Waals surface area contributed by atoms with E-state index in [9.17, 15) is 4.39 Å². The van der Waals surface area contributed by atoms with Crippen LogP contribution in [0, 0.1) is 12.7 Å². The monoisotopic (exact) mass is 251 g/mol. The van der Waals surface area contributed by atoms with Gasteiger partial charge < -0.3 is 10.5 Å². The lowest BCUT2D eigenvalue weighted by atomic mass is 10.1. The van der Waals surface area contributed by atoms with E-state index in [1.165, 1.54) is 6.07 Å². The van der Waals surface area contributed by atoms with Gasteiger partial charge in [-0.25, -0.2) is 9.02 Å². The summed E-state index contributed by atoms with van der Waals surface area (Å²) < 4.78 is 23.6. The first-order valence-electron chi connectivity index (χ1n) is 5.54. The van der Waals surface area contributed by atoms with E-state index in [2.05, 4.69) is 14.9 Å². The first-order valence-corrected chi connectivity index (χ1v) is 5.54. The Kier molecular flexibility index (Phi) is 3.57. The Hall–Kier alpha value is -1.95. The molecule has 0 amide bonds. The van der Waals surface area contributed by atoms with Gasteiger partial charge >= 0.3 is 0 Å². The summed E-state index contributed by atoms with van der Waals surface area (Å²) in [5, 5.41) is 7.30. The molecule has 0 aliphatic rings.